The van der Waals surface area contributed by atoms with Crippen LogP contribution in [0.2, 0.25) is 0 Å². The number of halogens is 1. The Kier molecular flexibility index (Phi) is 7.03. The average Bonchev–Trinajstić information content (AvgIpc) is 3.39. The molecule has 9 heteroatoms. The molecule has 2 saturated heterocycles. The molecule has 2 fully saturated rings. The molecule has 3 aliphatic heterocycles. The molecule has 5 rings (SSSR count). The lowest BCUT2D eigenvalue weighted by atomic mass is 9.99. The maximum Gasteiger partial charge on any atom is 0.260 e. The van der Waals surface area contributed by atoms with E-state index in [4.69, 9.17) is 9.47 Å². The third kappa shape index (κ3) is 5.22. The van der Waals surface area contributed by atoms with Crippen LogP contribution >= 0.6 is 0 Å². The molecular weight excluding hydrogens is 437 g/mol. The van der Waals surface area contributed by atoms with Crippen LogP contribution in [0.1, 0.15) is 23.6 Å². The number of morpholine rings is 2. The first-order valence-electron chi connectivity index (χ1n) is 11.8. The van der Waals surface area contributed by atoms with Gasteiger partial charge in [0.15, 0.2) is 6.17 Å². The van der Waals surface area contributed by atoms with Gasteiger partial charge in [-0.3, -0.25) is 9.69 Å². The van der Waals surface area contributed by atoms with E-state index < -0.39 is 6.17 Å². The van der Waals surface area contributed by atoms with Crippen LogP contribution in [0.3, 0.4) is 0 Å². The number of amides is 1. The van der Waals surface area contributed by atoms with Gasteiger partial charge in [-0.2, -0.15) is 5.10 Å². The van der Waals surface area contributed by atoms with Gasteiger partial charge in [-0.05, 0) is 35.4 Å². The molecule has 2 N–H and O–H groups in total. The average molecular weight is 468 g/mol. The van der Waals surface area contributed by atoms with Gasteiger partial charge in [0, 0.05) is 38.3 Å². The first kappa shape index (κ1) is 22.8. The second kappa shape index (κ2) is 10.5. The number of rotatable bonds is 6. The predicted molar refractivity (Wildman–Crippen MR) is 127 cm³/mol. The zero-order valence-electron chi connectivity index (χ0n) is 19.1. The summed E-state index contributed by atoms with van der Waals surface area (Å²) >= 11 is 0. The highest BCUT2D eigenvalue weighted by molar-refractivity contribution is 6.02. The first-order valence-corrected chi connectivity index (χ1v) is 11.8. The molecule has 2 aromatic carbocycles. The summed E-state index contributed by atoms with van der Waals surface area (Å²) in [4.78, 5) is 17.4. The standard InChI is InChI=1S/C25H30FN5O3/c26-20-5-1-18(2-6-20)22-17-23(29-28-22)19-3-7-21(8-4-19)27-24(30-9-13-33-14-10-30)25(32)31-11-15-34-16-12-31/h1-8,22,24,27-28H,9-17H2/t22-,24?/m0/s1. The summed E-state index contributed by atoms with van der Waals surface area (Å²) in [5, 5.41) is 7.95. The molecule has 0 aliphatic carbocycles. The minimum Gasteiger partial charge on any atom is -0.379 e. The monoisotopic (exact) mass is 467 g/mol. The molecule has 0 aromatic heterocycles. The van der Waals surface area contributed by atoms with E-state index in [1.807, 2.05) is 29.2 Å². The molecule has 3 heterocycles. The third-order valence-corrected chi connectivity index (χ3v) is 6.51. The molecule has 0 saturated carbocycles. The summed E-state index contributed by atoms with van der Waals surface area (Å²) in [6.07, 6.45) is 0.283. The molecule has 8 nitrogen and oxygen atoms in total. The number of carbonyl (C=O) groups excluding carboxylic acids is 1. The molecule has 0 bridgehead atoms. The van der Waals surface area contributed by atoms with Gasteiger partial charge in [-0.1, -0.05) is 24.3 Å². The highest BCUT2D eigenvalue weighted by atomic mass is 19.1. The van der Waals surface area contributed by atoms with Gasteiger partial charge in [0.25, 0.3) is 5.91 Å². The summed E-state index contributed by atoms with van der Waals surface area (Å²) < 4.78 is 24.1. The van der Waals surface area contributed by atoms with Crippen molar-refractivity contribution in [1.82, 2.24) is 15.2 Å². The summed E-state index contributed by atoms with van der Waals surface area (Å²) in [6.45, 7) is 5.03. The van der Waals surface area contributed by atoms with Crippen molar-refractivity contribution in [2.24, 2.45) is 5.10 Å². The molecule has 1 amide bonds. The number of nitrogens with one attached hydrogen (secondary N) is 2. The van der Waals surface area contributed by atoms with Crippen LogP contribution < -0.4 is 10.7 Å². The quantitative estimate of drug-likeness (QED) is 0.678. The molecule has 0 radical (unpaired) electrons. The molecule has 34 heavy (non-hydrogen) atoms. The first-order chi connectivity index (χ1) is 16.7. The smallest absolute Gasteiger partial charge is 0.260 e. The lowest BCUT2D eigenvalue weighted by Crippen LogP contribution is -2.57. The van der Waals surface area contributed by atoms with Crippen LogP contribution in [0.15, 0.2) is 53.6 Å². The molecule has 180 valence electrons. The Morgan fingerprint density at radius 3 is 2.29 bits per heavy atom. The Morgan fingerprint density at radius 2 is 1.62 bits per heavy atom. The zero-order chi connectivity index (χ0) is 23.3. The number of nitrogens with zero attached hydrogens (tertiary/aromatic N) is 3. The minimum atomic E-state index is -0.443. The van der Waals surface area contributed by atoms with Gasteiger partial charge in [0.2, 0.25) is 0 Å². The van der Waals surface area contributed by atoms with E-state index in [0.717, 1.165) is 28.9 Å². The largest absolute Gasteiger partial charge is 0.379 e. The predicted octanol–water partition coefficient (Wildman–Crippen LogP) is 2.19. The van der Waals surface area contributed by atoms with Crippen LogP contribution in [0, 0.1) is 5.82 Å². The number of hydrazone groups is 1. The maximum absolute atomic E-state index is 13.3. The van der Waals surface area contributed by atoms with Gasteiger partial charge in [0.1, 0.15) is 5.82 Å². The SMILES string of the molecule is O=C(C(Nc1ccc(C2=NN[C@H](c3ccc(F)cc3)C2)cc1)N1CCOCC1)N1CCOCC1. The highest BCUT2D eigenvalue weighted by Gasteiger charge is 2.32. The Bertz CT molecular complexity index is 1000. The Labute approximate surface area is 198 Å². The van der Waals surface area contributed by atoms with Gasteiger partial charge in [-0.15, -0.1) is 0 Å². The van der Waals surface area contributed by atoms with Crippen molar-refractivity contribution in [1.29, 1.82) is 0 Å². The van der Waals surface area contributed by atoms with Gasteiger partial charge >= 0.3 is 0 Å². The van der Waals surface area contributed by atoms with Crippen LogP contribution in [-0.2, 0) is 14.3 Å². The van der Waals surface area contributed by atoms with E-state index in [1.165, 1.54) is 12.1 Å². The molecule has 2 aromatic rings. The van der Waals surface area contributed by atoms with Crippen molar-refractivity contribution < 1.29 is 18.7 Å². The number of ether oxygens (including phenoxy) is 2. The Balaban J connectivity index is 1.25. The summed E-state index contributed by atoms with van der Waals surface area (Å²) in [7, 11) is 0. The van der Waals surface area contributed by atoms with Crippen molar-refractivity contribution in [2.75, 3.05) is 57.9 Å². The van der Waals surface area contributed by atoms with E-state index in [1.54, 1.807) is 12.1 Å². The van der Waals surface area contributed by atoms with Crippen molar-refractivity contribution in [3.63, 3.8) is 0 Å². The van der Waals surface area contributed by atoms with Crippen LogP contribution in [0.4, 0.5) is 10.1 Å². The number of hydrogen-bond acceptors (Lipinski definition) is 7. The lowest BCUT2D eigenvalue weighted by Gasteiger charge is -2.38. The molecular formula is C25H30FN5O3. The Morgan fingerprint density at radius 1 is 0.971 bits per heavy atom. The molecule has 1 unspecified atom stereocenters. The van der Waals surface area contributed by atoms with Crippen LogP contribution in [0.25, 0.3) is 0 Å². The van der Waals surface area contributed by atoms with E-state index in [-0.39, 0.29) is 17.8 Å². The van der Waals surface area contributed by atoms with Gasteiger partial charge < -0.3 is 25.1 Å². The highest BCUT2D eigenvalue weighted by Crippen LogP contribution is 2.25. The van der Waals surface area contributed by atoms with E-state index in [0.29, 0.717) is 52.6 Å². The van der Waals surface area contributed by atoms with Gasteiger partial charge in [0.05, 0.1) is 38.2 Å². The fourth-order valence-electron chi connectivity index (χ4n) is 4.53. The lowest BCUT2D eigenvalue weighted by molar-refractivity contribution is -0.141. The maximum atomic E-state index is 13.3. The van der Waals surface area contributed by atoms with Crippen LogP contribution in [-0.4, -0.2) is 80.2 Å². The van der Waals surface area contributed by atoms with Gasteiger partial charge in [-0.25, -0.2) is 4.39 Å². The minimum absolute atomic E-state index is 0.0326. The normalized spacial score (nSPS) is 22.1. The zero-order valence-corrected chi connectivity index (χ0v) is 19.1. The third-order valence-electron chi connectivity index (χ3n) is 6.51. The number of hydrogen-bond donors (Lipinski definition) is 2. The summed E-state index contributed by atoms with van der Waals surface area (Å²) in [6, 6.07) is 14.6. The fraction of sp³-hybridized carbons (Fsp3) is 0.440. The van der Waals surface area contributed by atoms with Crippen molar-refractivity contribution in [2.45, 2.75) is 18.6 Å². The summed E-state index contributed by atoms with van der Waals surface area (Å²) in [5.41, 5.74) is 7.01. The second-order valence-electron chi connectivity index (χ2n) is 8.71. The molecule has 2 atom stereocenters. The van der Waals surface area contributed by atoms with Crippen molar-refractivity contribution in [3.8, 4) is 0 Å². The topological polar surface area (TPSA) is 78.4 Å². The number of anilines is 1. The van der Waals surface area contributed by atoms with E-state index in [9.17, 15) is 9.18 Å². The molecule has 3 aliphatic rings. The summed E-state index contributed by atoms with van der Waals surface area (Å²) in [5.74, 6) is -0.172. The van der Waals surface area contributed by atoms with E-state index >= 15 is 0 Å². The number of carbonyl (C=O) groups is 1. The van der Waals surface area contributed by atoms with Crippen LogP contribution in [0.5, 0.6) is 0 Å². The van der Waals surface area contributed by atoms with Crippen molar-refractivity contribution >= 4 is 17.3 Å². The molecule has 0 spiro atoms. The van der Waals surface area contributed by atoms with E-state index in [2.05, 4.69) is 20.7 Å². The second-order valence-corrected chi connectivity index (χ2v) is 8.71. The Hall–Kier alpha value is -3.01. The fourth-order valence-corrected chi connectivity index (χ4v) is 4.53. The number of benzene rings is 2. The van der Waals surface area contributed by atoms with Crippen molar-refractivity contribution in [3.05, 3.63) is 65.5 Å².